The van der Waals surface area contributed by atoms with Crippen LogP contribution in [0.1, 0.15) is 51.5 Å². The molecule has 3 aromatic carbocycles. The molecular formula is C32H33FN4O3. The molecule has 1 saturated heterocycles. The number of benzene rings is 3. The number of piperidine rings is 1. The summed E-state index contributed by atoms with van der Waals surface area (Å²) in [6.45, 7) is 3.21. The van der Waals surface area contributed by atoms with Crippen molar-refractivity contribution in [2.24, 2.45) is 0 Å². The van der Waals surface area contributed by atoms with Crippen molar-refractivity contribution in [3.63, 3.8) is 0 Å². The Labute approximate surface area is 233 Å². The molecule has 0 saturated carbocycles. The minimum Gasteiger partial charge on any atom is -0.496 e. The van der Waals surface area contributed by atoms with Gasteiger partial charge in [0.25, 0.3) is 5.91 Å². The Morgan fingerprint density at radius 3 is 2.50 bits per heavy atom. The zero-order valence-corrected chi connectivity index (χ0v) is 22.8. The van der Waals surface area contributed by atoms with Crippen LogP contribution in [0.3, 0.4) is 0 Å². The van der Waals surface area contributed by atoms with Crippen LogP contribution >= 0.6 is 0 Å². The SMILES string of the molecule is COc1cccc(CC(=O)Nc2cnn(C3CCN(C(=O)c4ccc(Cc5cccc(F)c5)cc4)CC3)c2)c1C. The van der Waals surface area contributed by atoms with E-state index in [1.54, 1.807) is 19.4 Å². The molecule has 0 spiro atoms. The molecule has 5 rings (SSSR count). The lowest BCUT2D eigenvalue weighted by Gasteiger charge is -2.32. The van der Waals surface area contributed by atoms with E-state index in [-0.39, 0.29) is 30.1 Å². The van der Waals surface area contributed by atoms with Gasteiger partial charge in [-0.15, -0.1) is 0 Å². The summed E-state index contributed by atoms with van der Waals surface area (Å²) in [5.74, 6) is 0.416. The maximum absolute atomic E-state index is 13.5. The number of carbonyl (C=O) groups is 2. The van der Waals surface area contributed by atoms with Crippen molar-refractivity contribution in [1.29, 1.82) is 0 Å². The van der Waals surface area contributed by atoms with Gasteiger partial charge in [-0.2, -0.15) is 5.10 Å². The van der Waals surface area contributed by atoms with Gasteiger partial charge in [-0.05, 0) is 78.8 Å². The summed E-state index contributed by atoms with van der Waals surface area (Å²) in [4.78, 5) is 27.6. The number of halogens is 1. The van der Waals surface area contributed by atoms with Gasteiger partial charge in [0.1, 0.15) is 11.6 Å². The Bertz CT molecular complexity index is 1490. The van der Waals surface area contributed by atoms with Crippen LogP contribution in [0.15, 0.2) is 79.1 Å². The standard InChI is InChI=1S/C32H33FN4O3/c1-22-26(6-4-8-30(22)40-2)19-31(38)35-28-20-34-37(21-28)29-13-15-36(16-14-29)32(39)25-11-9-23(10-12-25)17-24-5-3-7-27(33)18-24/h3-12,18,20-21,29H,13-17,19H2,1-2H3,(H,35,38). The average Bonchev–Trinajstić information content (AvgIpc) is 3.42. The minimum absolute atomic E-state index is 0.0111. The third-order valence-electron chi connectivity index (χ3n) is 7.48. The number of carbonyl (C=O) groups excluding carboxylic acids is 2. The quantitative estimate of drug-likeness (QED) is 0.316. The van der Waals surface area contributed by atoms with Gasteiger partial charge in [-0.3, -0.25) is 14.3 Å². The Hall–Kier alpha value is -4.46. The van der Waals surface area contributed by atoms with Crippen molar-refractivity contribution in [2.75, 3.05) is 25.5 Å². The molecule has 2 heterocycles. The molecule has 1 aromatic heterocycles. The average molecular weight is 541 g/mol. The second kappa shape index (κ2) is 12.2. The summed E-state index contributed by atoms with van der Waals surface area (Å²) >= 11 is 0. The van der Waals surface area contributed by atoms with Crippen molar-refractivity contribution < 1.29 is 18.7 Å². The molecule has 1 N–H and O–H groups in total. The van der Waals surface area contributed by atoms with Crippen LogP contribution in [0, 0.1) is 12.7 Å². The summed E-state index contributed by atoms with van der Waals surface area (Å²) in [5, 5.41) is 7.42. The van der Waals surface area contributed by atoms with Crippen molar-refractivity contribution >= 4 is 17.5 Å². The van der Waals surface area contributed by atoms with E-state index in [9.17, 15) is 14.0 Å². The minimum atomic E-state index is -0.247. The molecule has 1 aliphatic rings. The van der Waals surface area contributed by atoms with Gasteiger partial charge >= 0.3 is 0 Å². The maximum atomic E-state index is 13.5. The number of rotatable bonds is 8. The van der Waals surface area contributed by atoms with Gasteiger partial charge in [-0.1, -0.05) is 36.4 Å². The van der Waals surface area contributed by atoms with Crippen molar-refractivity contribution in [3.8, 4) is 5.75 Å². The van der Waals surface area contributed by atoms with E-state index >= 15 is 0 Å². The first kappa shape index (κ1) is 27.1. The van der Waals surface area contributed by atoms with Crippen molar-refractivity contribution in [3.05, 3.63) is 113 Å². The molecule has 0 atom stereocenters. The lowest BCUT2D eigenvalue weighted by molar-refractivity contribution is -0.115. The van der Waals surface area contributed by atoms with Crippen LogP contribution in [0.4, 0.5) is 10.1 Å². The first-order valence-electron chi connectivity index (χ1n) is 13.5. The molecule has 0 bridgehead atoms. The first-order valence-corrected chi connectivity index (χ1v) is 13.5. The second-order valence-electron chi connectivity index (χ2n) is 10.2. The van der Waals surface area contributed by atoms with Crippen LogP contribution < -0.4 is 10.1 Å². The Morgan fingerprint density at radius 2 is 1.77 bits per heavy atom. The molecular weight excluding hydrogens is 507 g/mol. The summed E-state index contributed by atoms with van der Waals surface area (Å²) in [6.07, 6.45) is 5.95. The van der Waals surface area contributed by atoms with E-state index < -0.39 is 0 Å². The fourth-order valence-corrected chi connectivity index (χ4v) is 5.22. The van der Waals surface area contributed by atoms with E-state index in [1.807, 2.05) is 71.2 Å². The number of hydrogen-bond acceptors (Lipinski definition) is 4. The zero-order valence-electron chi connectivity index (χ0n) is 22.8. The number of amides is 2. The summed E-state index contributed by atoms with van der Waals surface area (Å²) in [7, 11) is 1.62. The monoisotopic (exact) mass is 540 g/mol. The lowest BCUT2D eigenvalue weighted by Crippen LogP contribution is -2.39. The molecule has 206 valence electrons. The van der Waals surface area contributed by atoms with E-state index in [4.69, 9.17) is 4.74 Å². The molecule has 0 unspecified atom stereocenters. The van der Waals surface area contributed by atoms with Crippen LogP contribution in [0.25, 0.3) is 0 Å². The molecule has 1 fully saturated rings. The van der Waals surface area contributed by atoms with Crippen molar-refractivity contribution in [1.82, 2.24) is 14.7 Å². The zero-order chi connectivity index (χ0) is 28.1. The summed E-state index contributed by atoms with van der Waals surface area (Å²) in [5.41, 5.74) is 5.11. The highest BCUT2D eigenvalue weighted by Gasteiger charge is 2.25. The predicted molar refractivity (Wildman–Crippen MR) is 152 cm³/mol. The third kappa shape index (κ3) is 6.39. The summed E-state index contributed by atoms with van der Waals surface area (Å²) < 4.78 is 20.7. The largest absolute Gasteiger partial charge is 0.496 e. The second-order valence-corrected chi connectivity index (χ2v) is 10.2. The van der Waals surface area contributed by atoms with Gasteiger partial charge in [0.2, 0.25) is 5.91 Å². The highest BCUT2D eigenvalue weighted by molar-refractivity contribution is 5.94. The highest BCUT2D eigenvalue weighted by atomic mass is 19.1. The molecule has 40 heavy (non-hydrogen) atoms. The molecule has 0 aliphatic carbocycles. The molecule has 1 aliphatic heterocycles. The number of nitrogens with zero attached hydrogens (tertiary/aromatic N) is 3. The van der Waals surface area contributed by atoms with Crippen LogP contribution in [-0.2, 0) is 17.6 Å². The van der Waals surface area contributed by atoms with Crippen LogP contribution in [0.2, 0.25) is 0 Å². The van der Waals surface area contributed by atoms with Crippen LogP contribution in [-0.4, -0.2) is 46.7 Å². The normalized spacial score (nSPS) is 13.7. The topological polar surface area (TPSA) is 76.5 Å². The van der Waals surface area contributed by atoms with Gasteiger partial charge in [0.05, 0.1) is 31.5 Å². The molecule has 2 amide bonds. The number of ether oxygens (including phenoxy) is 1. The summed E-state index contributed by atoms with van der Waals surface area (Å²) in [6, 6.07) is 20.0. The number of aromatic nitrogens is 2. The van der Waals surface area contributed by atoms with E-state index in [1.165, 1.54) is 12.1 Å². The lowest BCUT2D eigenvalue weighted by atomic mass is 10.0. The van der Waals surface area contributed by atoms with Gasteiger partial charge in [0, 0.05) is 24.8 Å². The number of methoxy groups -OCH3 is 1. The fourth-order valence-electron chi connectivity index (χ4n) is 5.22. The smallest absolute Gasteiger partial charge is 0.253 e. The van der Waals surface area contributed by atoms with E-state index in [2.05, 4.69) is 10.4 Å². The molecule has 0 radical (unpaired) electrons. The Kier molecular flexibility index (Phi) is 8.24. The van der Waals surface area contributed by atoms with Gasteiger partial charge < -0.3 is 15.0 Å². The van der Waals surface area contributed by atoms with Gasteiger partial charge in [0.15, 0.2) is 0 Å². The number of likely N-dealkylation sites (tertiary alicyclic amines) is 1. The first-order chi connectivity index (χ1) is 19.4. The van der Waals surface area contributed by atoms with Crippen LogP contribution in [0.5, 0.6) is 5.75 Å². The fraction of sp³-hybridized carbons (Fsp3) is 0.281. The molecule has 7 nitrogen and oxygen atoms in total. The number of anilines is 1. The predicted octanol–water partition coefficient (Wildman–Crippen LogP) is 5.59. The highest BCUT2D eigenvalue weighted by Crippen LogP contribution is 2.25. The molecule has 8 heteroatoms. The number of hydrogen-bond donors (Lipinski definition) is 1. The Balaban J connectivity index is 1.12. The number of nitrogens with one attached hydrogen (secondary N) is 1. The van der Waals surface area contributed by atoms with E-state index in [0.717, 1.165) is 40.8 Å². The molecule has 4 aromatic rings. The van der Waals surface area contributed by atoms with Gasteiger partial charge in [-0.25, -0.2) is 4.39 Å². The Morgan fingerprint density at radius 1 is 1.02 bits per heavy atom. The van der Waals surface area contributed by atoms with E-state index in [0.29, 0.717) is 30.8 Å². The van der Waals surface area contributed by atoms with Crippen molar-refractivity contribution in [2.45, 2.75) is 38.6 Å². The third-order valence-corrected chi connectivity index (χ3v) is 7.48. The maximum Gasteiger partial charge on any atom is 0.253 e.